The third-order valence-electron chi connectivity index (χ3n) is 5.63. The largest absolute Gasteiger partial charge is 0.493 e. The lowest BCUT2D eigenvalue weighted by Crippen LogP contribution is -2.38. The van der Waals surface area contributed by atoms with E-state index >= 15 is 0 Å². The molecular weight excluding hydrogens is 502 g/mol. The van der Waals surface area contributed by atoms with Gasteiger partial charge in [-0.3, -0.25) is 13.9 Å². The van der Waals surface area contributed by atoms with E-state index in [1.165, 1.54) is 37.0 Å². The molecule has 4 aromatic rings. The van der Waals surface area contributed by atoms with E-state index in [0.29, 0.717) is 21.9 Å². The Morgan fingerprint density at radius 2 is 1.69 bits per heavy atom. The summed E-state index contributed by atoms with van der Waals surface area (Å²) in [5.74, 6) is 0.195. The molecular formula is C25H25N3O6S2. The third kappa shape index (κ3) is 4.93. The second kappa shape index (κ2) is 10.0. The molecule has 0 saturated carbocycles. The number of hydrogen-bond acceptors (Lipinski definition) is 7. The highest BCUT2D eigenvalue weighted by Gasteiger charge is 2.28. The molecule has 1 N–H and O–H groups in total. The normalized spacial score (nSPS) is 11.3. The van der Waals surface area contributed by atoms with Crippen LogP contribution in [0, 0.1) is 6.92 Å². The first kappa shape index (κ1) is 25.3. The number of hydrogen-bond donors (Lipinski definition) is 1. The van der Waals surface area contributed by atoms with Crippen molar-refractivity contribution in [2.24, 2.45) is 7.05 Å². The fourth-order valence-electron chi connectivity index (χ4n) is 3.68. The van der Waals surface area contributed by atoms with Gasteiger partial charge in [-0.05, 0) is 49.4 Å². The Hall–Kier alpha value is -3.83. The number of amides is 1. The molecule has 0 aliphatic rings. The van der Waals surface area contributed by atoms with Gasteiger partial charge in [0.05, 0.1) is 35.0 Å². The number of thiazole rings is 1. The average molecular weight is 528 g/mol. The first-order chi connectivity index (χ1) is 17.1. The Morgan fingerprint density at radius 3 is 2.36 bits per heavy atom. The second-order valence-corrected chi connectivity index (χ2v) is 10.9. The van der Waals surface area contributed by atoms with Crippen LogP contribution < -0.4 is 24.0 Å². The van der Waals surface area contributed by atoms with Crippen molar-refractivity contribution in [2.45, 2.75) is 11.8 Å². The molecule has 0 spiro atoms. The summed E-state index contributed by atoms with van der Waals surface area (Å²) in [5, 5.41) is 2.74. The Kier molecular flexibility index (Phi) is 7.04. The van der Waals surface area contributed by atoms with Gasteiger partial charge in [0.15, 0.2) is 11.5 Å². The summed E-state index contributed by atoms with van der Waals surface area (Å²) in [7, 11) is 0.495. The second-order valence-electron chi connectivity index (χ2n) is 8.02. The van der Waals surface area contributed by atoms with Crippen LogP contribution in [0.1, 0.15) is 5.56 Å². The lowest BCUT2D eigenvalue weighted by molar-refractivity contribution is -0.114. The number of benzene rings is 3. The van der Waals surface area contributed by atoms with Gasteiger partial charge in [0.1, 0.15) is 6.54 Å². The van der Waals surface area contributed by atoms with E-state index in [1.54, 1.807) is 49.5 Å². The van der Waals surface area contributed by atoms with Gasteiger partial charge < -0.3 is 19.4 Å². The van der Waals surface area contributed by atoms with E-state index < -0.39 is 22.5 Å². The van der Waals surface area contributed by atoms with Crippen LogP contribution in [-0.2, 0) is 21.9 Å². The number of aromatic nitrogens is 1. The SMILES string of the molecule is COc1ccc(N(CC(=O)Nc2ccc3c(c2)sc(=O)n3C)S(=O)(=O)c2ccc(C)cc2)cc1OC. The molecule has 0 atom stereocenters. The van der Waals surface area contributed by atoms with Crippen LogP contribution in [0.5, 0.6) is 11.5 Å². The number of aryl methyl sites for hydroxylation is 2. The molecule has 0 radical (unpaired) electrons. The predicted molar refractivity (Wildman–Crippen MR) is 141 cm³/mol. The summed E-state index contributed by atoms with van der Waals surface area (Å²) in [6.07, 6.45) is 0. The van der Waals surface area contributed by atoms with Gasteiger partial charge >= 0.3 is 4.87 Å². The van der Waals surface area contributed by atoms with Gasteiger partial charge in [0.25, 0.3) is 10.0 Å². The molecule has 1 amide bonds. The molecule has 0 bridgehead atoms. The van der Waals surface area contributed by atoms with Crippen LogP contribution in [-0.4, -0.2) is 39.7 Å². The van der Waals surface area contributed by atoms with Gasteiger partial charge in [-0.1, -0.05) is 29.0 Å². The molecule has 9 nitrogen and oxygen atoms in total. The minimum absolute atomic E-state index is 0.0474. The Morgan fingerprint density at radius 1 is 1.00 bits per heavy atom. The quantitative estimate of drug-likeness (QED) is 0.374. The van der Waals surface area contributed by atoms with Crippen LogP contribution in [0.4, 0.5) is 11.4 Å². The molecule has 11 heteroatoms. The van der Waals surface area contributed by atoms with Gasteiger partial charge in [0, 0.05) is 18.8 Å². The van der Waals surface area contributed by atoms with E-state index in [0.717, 1.165) is 26.7 Å². The topological polar surface area (TPSA) is 107 Å². The Bertz CT molecular complexity index is 1590. The first-order valence-corrected chi connectivity index (χ1v) is 13.1. The summed E-state index contributed by atoms with van der Waals surface area (Å²) in [6.45, 7) is 1.37. The Balaban J connectivity index is 1.69. The molecule has 0 aliphatic heterocycles. The molecule has 0 aliphatic carbocycles. The monoisotopic (exact) mass is 527 g/mol. The molecule has 1 aromatic heterocycles. The standard InChI is InChI=1S/C25H25N3O6S2/c1-16-5-9-19(10-6-16)36(31,32)28(18-8-12-21(33-3)22(14-18)34-4)15-24(29)26-17-7-11-20-23(13-17)35-25(30)27(20)2/h5-14H,15H2,1-4H3,(H,26,29). The maximum absolute atomic E-state index is 13.6. The summed E-state index contributed by atoms with van der Waals surface area (Å²) < 4.78 is 41.1. The molecule has 3 aromatic carbocycles. The van der Waals surface area contributed by atoms with E-state index in [1.807, 2.05) is 6.92 Å². The van der Waals surface area contributed by atoms with Crippen molar-refractivity contribution in [1.29, 1.82) is 0 Å². The highest BCUT2D eigenvalue weighted by molar-refractivity contribution is 7.92. The van der Waals surface area contributed by atoms with E-state index in [9.17, 15) is 18.0 Å². The number of sulfonamides is 1. The molecule has 188 valence electrons. The number of carbonyl (C=O) groups is 1. The van der Waals surface area contributed by atoms with Crippen molar-refractivity contribution in [3.05, 3.63) is 75.9 Å². The van der Waals surface area contributed by atoms with Crippen LogP contribution in [0.2, 0.25) is 0 Å². The molecule has 0 fully saturated rings. The van der Waals surface area contributed by atoms with Crippen molar-refractivity contribution in [3.8, 4) is 11.5 Å². The molecule has 1 heterocycles. The maximum Gasteiger partial charge on any atom is 0.307 e. The van der Waals surface area contributed by atoms with Crippen LogP contribution in [0.25, 0.3) is 10.2 Å². The summed E-state index contributed by atoms with van der Waals surface area (Å²) in [4.78, 5) is 25.0. The number of methoxy groups -OCH3 is 2. The van der Waals surface area contributed by atoms with Crippen LogP contribution in [0.15, 0.2) is 70.4 Å². The number of fused-ring (bicyclic) bond motifs is 1. The number of ether oxygens (including phenoxy) is 2. The summed E-state index contributed by atoms with van der Waals surface area (Å²) in [5.41, 5.74) is 2.34. The number of nitrogens with one attached hydrogen (secondary N) is 1. The maximum atomic E-state index is 13.6. The van der Waals surface area contributed by atoms with Crippen LogP contribution in [0.3, 0.4) is 0 Å². The van der Waals surface area contributed by atoms with Gasteiger partial charge in [-0.2, -0.15) is 0 Å². The fraction of sp³-hybridized carbons (Fsp3) is 0.200. The molecule has 4 rings (SSSR count). The first-order valence-electron chi connectivity index (χ1n) is 10.8. The minimum atomic E-state index is -4.11. The highest BCUT2D eigenvalue weighted by atomic mass is 32.2. The summed E-state index contributed by atoms with van der Waals surface area (Å²) >= 11 is 1.07. The van der Waals surface area contributed by atoms with E-state index in [4.69, 9.17) is 9.47 Å². The van der Waals surface area contributed by atoms with Gasteiger partial charge in [0.2, 0.25) is 5.91 Å². The van der Waals surface area contributed by atoms with Gasteiger partial charge in [-0.15, -0.1) is 0 Å². The fourth-order valence-corrected chi connectivity index (χ4v) is 6.01. The zero-order valence-electron chi connectivity index (χ0n) is 20.1. The van der Waals surface area contributed by atoms with Crippen LogP contribution >= 0.6 is 11.3 Å². The van der Waals surface area contributed by atoms with Crippen molar-refractivity contribution in [2.75, 3.05) is 30.4 Å². The van der Waals surface area contributed by atoms with E-state index in [-0.39, 0.29) is 15.5 Å². The van der Waals surface area contributed by atoms with E-state index in [2.05, 4.69) is 5.32 Å². The zero-order valence-corrected chi connectivity index (χ0v) is 21.8. The lowest BCUT2D eigenvalue weighted by Gasteiger charge is -2.25. The molecule has 36 heavy (non-hydrogen) atoms. The molecule has 0 saturated heterocycles. The minimum Gasteiger partial charge on any atom is -0.493 e. The zero-order chi connectivity index (χ0) is 26.0. The predicted octanol–water partition coefficient (Wildman–Crippen LogP) is 3.76. The average Bonchev–Trinajstić information content (AvgIpc) is 3.14. The van der Waals surface area contributed by atoms with Crippen molar-refractivity contribution >= 4 is 48.9 Å². The lowest BCUT2D eigenvalue weighted by atomic mass is 10.2. The highest BCUT2D eigenvalue weighted by Crippen LogP contribution is 2.34. The smallest absolute Gasteiger partial charge is 0.307 e. The third-order valence-corrected chi connectivity index (χ3v) is 8.41. The molecule has 0 unspecified atom stereocenters. The number of nitrogens with zero attached hydrogens (tertiary/aromatic N) is 2. The number of anilines is 2. The number of rotatable bonds is 8. The number of carbonyl (C=O) groups excluding carboxylic acids is 1. The Labute approximate surface area is 212 Å². The van der Waals surface area contributed by atoms with Crippen molar-refractivity contribution < 1.29 is 22.7 Å². The van der Waals surface area contributed by atoms with Crippen molar-refractivity contribution in [3.63, 3.8) is 0 Å². The van der Waals surface area contributed by atoms with Gasteiger partial charge in [-0.25, -0.2) is 8.42 Å². The van der Waals surface area contributed by atoms with Crippen molar-refractivity contribution in [1.82, 2.24) is 4.57 Å². The summed E-state index contributed by atoms with van der Waals surface area (Å²) in [6, 6.07) is 16.1.